The maximum absolute atomic E-state index is 13.1. The number of hydrogen-bond donors (Lipinski definition) is 1. The number of amides is 1. The molecule has 0 aromatic heterocycles. The molecule has 23 heavy (non-hydrogen) atoms. The van der Waals surface area contributed by atoms with Crippen molar-refractivity contribution in [1.29, 1.82) is 0 Å². The Hall–Kier alpha value is -2.16. The summed E-state index contributed by atoms with van der Waals surface area (Å²) in [6.45, 7) is 0.0422. The van der Waals surface area contributed by atoms with Crippen LogP contribution >= 0.6 is 0 Å². The second-order valence-corrected chi connectivity index (χ2v) is 5.35. The van der Waals surface area contributed by atoms with Crippen LogP contribution in [-0.2, 0) is 11.2 Å². The van der Waals surface area contributed by atoms with Gasteiger partial charge in [0.05, 0.1) is 4.92 Å². The number of carbonyl (C=O) groups is 1. The molecule has 1 N–H and O–H groups in total. The summed E-state index contributed by atoms with van der Waals surface area (Å²) in [4.78, 5) is 21.1. The van der Waals surface area contributed by atoms with Crippen molar-refractivity contribution in [1.82, 2.24) is 10.4 Å². The van der Waals surface area contributed by atoms with Gasteiger partial charge in [0.25, 0.3) is 5.69 Å². The lowest BCUT2D eigenvalue weighted by atomic mass is 10.0. The van der Waals surface area contributed by atoms with Crippen molar-refractivity contribution in [3.05, 3.63) is 39.9 Å². The molecule has 0 bridgehead atoms. The van der Waals surface area contributed by atoms with Gasteiger partial charge in [0.1, 0.15) is 6.04 Å². The average Bonchev–Trinajstić information content (AvgIpc) is 2.88. The monoisotopic (exact) mass is 331 g/mol. The zero-order chi connectivity index (χ0) is 17.0. The number of nitro benzene ring substituents is 1. The van der Waals surface area contributed by atoms with Gasteiger partial charge in [-0.15, -0.1) is 0 Å². The number of alkyl halides is 3. The van der Waals surface area contributed by atoms with Gasteiger partial charge >= 0.3 is 6.18 Å². The number of carbonyl (C=O) groups excluding carboxylic acids is 1. The Bertz CT molecular complexity index is 575. The Kier molecular flexibility index (Phi) is 5.19. The van der Waals surface area contributed by atoms with E-state index in [4.69, 9.17) is 0 Å². The van der Waals surface area contributed by atoms with Gasteiger partial charge in [-0.25, -0.2) is 5.01 Å². The van der Waals surface area contributed by atoms with E-state index in [1.165, 1.54) is 12.1 Å². The van der Waals surface area contributed by atoms with Gasteiger partial charge in [0.2, 0.25) is 5.91 Å². The fourth-order valence-electron chi connectivity index (χ4n) is 2.51. The van der Waals surface area contributed by atoms with E-state index in [0.717, 1.165) is 10.6 Å². The quantitative estimate of drug-likeness (QED) is 0.642. The number of hydrazine groups is 1. The summed E-state index contributed by atoms with van der Waals surface area (Å²) < 4.78 is 39.3. The molecule has 0 radical (unpaired) electrons. The second-order valence-electron chi connectivity index (χ2n) is 5.35. The van der Waals surface area contributed by atoms with Crippen molar-refractivity contribution in [2.45, 2.75) is 37.9 Å². The number of benzene rings is 1. The van der Waals surface area contributed by atoms with Gasteiger partial charge in [0, 0.05) is 25.1 Å². The Morgan fingerprint density at radius 3 is 2.43 bits per heavy atom. The van der Waals surface area contributed by atoms with E-state index < -0.39 is 23.0 Å². The smallest absolute Gasteiger partial charge is 0.288 e. The zero-order valence-corrected chi connectivity index (χ0v) is 12.2. The van der Waals surface area contributed by atoms with E-state index >= 15 is 0 Å². The summed E-state index contributed by atoms with van der Waals surface area (Å²) in [5, 5.41) is 11.5. The number of non-ortho nitro benzene ring substituents is 1. The normalized spacial score (nSPS) is 17.1. The first-order valence-corrected chi connectivity index (χ1v) is 7.13. The van der Waals surface area contributed by atoms with Gasteiger partial charge in [-0.1, -0.05) is 12.1 Å². The predicted octanol–water partition coefficient (Wildman–Crippen LogP) is 2.59. The van der Waals surface area contributed by atoms with Crippen LogP contribution in [0.3, 0.4) is 0 Å². The van der Waals surface area contributed by atoms with Crippen LogP contribution in [0.25, 0.3) is 0 Å². The van der Waals surface area contributed by atoms with Gasteiger partial charge in [-0.2, -0.15) is 13.2 Å². The highest BCUT2D eigenvalue weighted by Gasteiger charge is 2.45. The molecule has 1 aliphatic rings. The van der Waals surface area contributed by atoms with E-state index in [9.17, 15) is 28.1 Å². The fraction of sp³-hybridized carbons (Fsp3) is 0.500. The first-order chi connectivity index (χ1) is 10.8. The maximum Gasteiger partial charge on any atom is 0.405 e. The van der Waals surface area contributed by atoms with Crippen LogP contribution in [0.15, 0.2) is 24.3 Å². The van der Waals surface area contributed by atoms with Crippen molar-refractivity contribution in [3.63, 3.8) is 0 Å². The third-order valence-corrected chi connectivity index (χ3v) is 3.69. The first-order valence-electron chi connectivity index (χ1n) is 7.13. The van der Waals surface area contributed by atoms with Crippen LogP contribution in [0, 0.1) is 10.1 Å². The van der Waals surface area contributed by atoms with Crippen LogP contribution in [0.2, 0.25) is 0 Å². The number of nitrogens with zero attached hydrogens (tertiary/aromatic N) is 2. The van der Waals surface area contributed by atoms with Crippen LogP contribution in [-0.4, -0.2) is 34.6 Å². The molecular formula is C14H16F3N3O3. The zero-order valence-electron chi connectivity index (χ0n) is 12.2. The average molecular weight is 331 g/mol. The van der Waals surface area contributed by atoms with Crippen molar-refractivity contribution in [2.75, 3.05) is 6.54 Å². The molecule has 1 aromatic rings. The predicted molar refractivity (Wildman–Crippen MR) is 75.3 cm³/mol. The van der Waals surface area contributed by atoms with E-state index in [1.54, 1.807) is 12.1 Å². The Balaban J connectivity index is 1.91. The molecular weight excluding hydrogens is 315 g/mol. The molecule has 0 saturated carbocycles. The molecule has 1 amide bonds. The van der Waals surface area contributed by atoms with E-state index in [2.05, 4.69) is 5.43 Å². The number of hydrogen-bond acceptors (Lipinski definition) is 4. The van der Waals surface area contributed by atoms with Crippen molar-refractivity contribution >= 4 is 11.6 Å². The molecule has 1 saturated heterocycles. The second kappa shape index (κ2) is 6.95. The topological polar surface area (TPSA) is 75.5 Å². The molecule has 1 fully saturated rings. The number of nitro groups is 1. The standard InChI is InChI=1S/C14H16F3N3O3/c15-14(16,17)12(19-9-8-13(21)18-19)3-1-2-10-4-6-11(7-5-10)20(22)23/h4-7,12H,1-3,8-9H2,(H,18,21)/t12-/m0/s1. The van der Waals surface area contributed by atoms with Crippen molar-refractivity contribution in [2.24, 2.45) is 0 Å². The molecule has 2 rings (SSSR count). The maximum atomic E-state index is 13.1. The highest BCUT2D eigenvalue weighted by molar-refractivity contribution is 5.77. The highest BCUT2D eigenvalue weighted by atomic mass is 19.4. The Morgan fingerprint density at radius 2 is 1.96 bits per heavy atom. The molecule has 1 aliphatic heterocycles. The van der Waals surface area contributed by atoms with E-state index in [0.29, 0.717) is 6.42 Å². The first kappa shape index (κ1) is 17.2. The minimum absolute atomic E-state index is 0.0422. The third-order valence-electron chi connectivity index (χ3n) is 3.69. The number of rotatable bonds is 6. The molecule has 0 aliphatic carbocycles. The lowest BCUT2D eigenvalue weighted by Gasteiger charge is -2.28. The summed E-state index contributed by atoms with van der Waals surface area (Å²) in [6.07, 6.45) is -3.87. The van der Waals surface area contributed by atoms with Crippen molar-refractivity contribution < 1.29 is 22.9 Å². The largest absolute Gasteiger partial charge is 0.405 e. The van der Waals surface area contributed by atoms with E-state index in [1.807, 2.05) is 0 Å². The van der Waals surface area contributed by atoms with Crippen LogP contribution < -0.4 is 5.43 Å². The molecule has 0 spiro atoms. The molecule has 1 aromatic carbocycles. The fourth-order valence-corrected chi connectivity index (χ4v) is 2.51. The van der Waals surface area contributed by atoms with Gasteiger partial charge in [0.15, 0.2) is 0 Å². The summed E-state index contributed by atoms with van der Waals surface area (Å²) in [6, 6.07) is 4.03. The number of nitrogens with one attached hydrogen (secondary N) is 1. The number of aryl methyl sites for hydroxylation is 1. The summed E-state index contributed by atoms with van der Waals surface area (Å²) in [5.41, 5.74) is 2.91. The molecule has 126 valence electrons. The summed E-state index contributed by atoms with van der Waals surface area (Å²) >= 11 is 0. The van der Waals surface area contributed by atoms with Crippen LogP contribution in [0.4, 0.5) is 18.9 Å². The molecule has 1 heterocycles. The summed E-state index contributed by atoms with van der Waals surface area (Å²) in [7, 11) is 0. The molecule has 1 atom stereocenters. The van der Waals surface area contributed by atoms with Crippen LogP contribution in [0.1, 0.15) is 24.8 Å². The Morgan fingerprint density at radius 1 is 1.30 bits per heavy atom. The minimum atomic E-state index is -4.42. The highest BCUT2D eigenvalue weighted by Crippen LogP contribution is 2.29. The van der Waals surface area contributed by atoms with Gasteiger partial charge in [-0.05, 0) is 24.8 Å². The third kappa shape index (κ3) is 4.65. The van der Waals surface area contributed by atoms with Gasteiger partial charge < -0.3 is 0 Å². The lowest BCUT2D eigenvalue weighted by molar-refractivity contribution is -0.384. The number of halogens is 3. The lowest BCUT2D eigenvalue weighted by Crippen LogP contribution is -2.49. The van der Waals surface area contributed by atoms with E-state index in [-0.39, 0.29) is 31.5 Å². The molecule has 0 unspecified atom stereocenters. The van der Waals surface area contributed by atoms with Crippen molar-refractivity contribution in [3.8, 4) is 0 Å². The minimum Gasteiger partial charge on any atom is -0.288 e. The van der Waals surface area contributed by atoms with Crippen LogP contribution in [0.5, 0.6) is 0 Å². The molecule has 9 heteroatoms. The summed E-state index contributed by atoms with van der Waals surface area (Å²) in [5.74, 6) is -0.408. The SMILES string of the molecule is O=C1CCN([C@@H](CCCc2ccc([N+](=O)[O-])cc2)C(F)(F)F)N1. The molecule has 6 nitrogen and oxygen atoms in total. The van der Waals surface area contributed by atoms with Gasteiger partial charge in [-0.3, -0.25) is 20.3 Å². The Labute approximate surface area is 130 Å².